The number of aromatic nitrogens is 2. The number of rotatable bonds is 5. The first-order valence-electron chi connectivity index (χ1n) is 6.89. The predicted octanol–water partition coefficient (Wildman–Crippen LogP) is 5.00. The van der Waals surface area contributed by atoms with E-state index in [4.69, 9.17) is 16.3 Å². The molecule has 0 aliphatic carbocycles. The molecule has 0 saturated heterocycles. The maximum Gasteiger partial charge on any atom is 0.226 e. The Balaban J connectivity index is 2.23. The fourth-order valence-electron chi connectivity index (χ4n) is 1.96. The first-order valence-corrected chi connectivity index (χ1v) is 7.26. The summed E-state index contributed by atoms with van der Waals surface area (Å²) in [6.07, 6.45) is 3.20. The number of hydrogen-bond donors (Lipinski definition) is 0. The normalized spacial score (nSPS) is 10.8. The Morgan fingerprint density at radius 2 is 1.85 bits per heavy atom. The van der Waals surface area contributed by atoms with Gasteiger partial charge in [0, 0.05) is 0 Å². The van der Waals surface area contributed by atoms with Gasteiger partial charge in [0.05, 0.1) is 5.56 Å². The molecule has 2 aromatic rings. The lowest BCUT2D eigenvalue weighted by Crippen LogP contribution is -1.98. The average molecular weight is 291 g/mol. The van der Waals surface area contributed by atoms with Crippen molar-refractivity contribution < 1.29 is 4.74 Å². The van der Waals surface area contributed by atoms with Crippen molar-refractivity contribution in [2.24, 2.45) is 0 Å². The van der Waals surface area contributed by atoms with Crippen molar-refractivity contribution in [2.75, 3.05) is 0 Å². The van der Waals surface area contributed by atoms with Gasteiger partial charge >= 0.3 is 0 Å². The minimum absolute atomic E-state index is 0.468. The minimum atomic E-state index is 0.468. The van der Waals surface area contributed by atoms with Gasteiger partial charge in [0.2, 0.25) is 5.88 Å². The largest absolute Gasteiger partial charge is 0.439 e. The Labute approximate surface area is 125 Å². The van der Waals surface area contributed by atoms with Gasteiger partial charge in [-0.15, -0.1) is 0 Å². The van der Waals surface area contributed by atoms with Crippen LogP contribution in [0.3, 0.4) is 0 Å². The number of ether oxygens (including phenoxy) is 1. The summed E-state index contributed by atoms with van der Waals surface area (Å²) >= 11 is 6.11. The van der Waals surface area contributed by atoms with Gasteiger partial charge in [-0.1, -0.05) is 50.9 Å². The number of nitrogens with zero attached hydrogens (tertiary/aromatic N) is 2. The van der Waals surface area contributed by atoms with Crippen LogP contribution < -0.4 is 4.74 Å². The highest BCUT2D eigenvalue weighted by Gasteiger charge is 2.11. The number of benzene rings is 1. The molecule has 0 fully saturated rings. The van der Waals surface area contributed by atoms with Crippen LogP contribution in [0.2, 0.25) is 5.15 Å². The summed E-state index contributed by atoms with van der Waals surface area (Å²) in [4.78, 5) is 8.20. The molecule has 0 bridgehead atoms. The van der Waals surface area contributed by atoms with Crippen LogP contribution in [0, 0.1) is 0 Å². The molecule has 106 valence electrons. The molecule has 3 nitrogen and oxygen atoms in total. The van der Waals surface area contributed by atoms with Crippen LogP contribution in [0.25, 0.3) is 0 Å². The molecule has 0 unspecified atom stereocenters. The van der Waals surface area contributed by atoms with Crippen LogP contribution in [-0.4, -0.2) is 9.97 Å². The zero-order valence-electron chi connectivity index (χ0n) is 12.1. The van der Waals surface area contributed by atoms with E-state index in [-0.39, 0.29) is 0 Å². The Kier molecular flexibility index (Phi) is 4.96. The maximum absolute atomic E-state index is 6.11. The van der Waals surface area contributed by atoms with Crippen LogP contribution in [-0.2, 0) is 6.42 Å². The second-order valence-electron chi connectivity index (χ2n) is 5.02. The molecule has 4 heteroatoms. The van der Waals surface area contributed by atoms with Crippen LogP contribution in [0.1, 0.15) is 44.2 Å². The fraction of sp³-hybridized carbons (Fsp3) is 0.375. The summed E-state index contributed by atoms with van der Waals surface area (Å²) in [5, 5.41) is 0.468. The van der Waals surface area contributed by atoms with Crippen LogP contribution >= 0.6 is 11.6 Å². The van der Waals surface area contributed by atoms with E-state index in [0.29, 0.717) is 17.0 Å². The second kappa shape index (κ2) is 6.71. The molecule has 0 saturated carbocycles. The maximum atomic E-state index is 6.11. The van der Waals surface area contributed by atoms with Gasteiger partial charge < -0.3 is 4.74 Å². The fourth-order valence-corrected chi connectivity index (χ4v) is 2.18. The van der Waals surface area contributed by atoms with Gasteiger partial charge in [-0.3, -0.25) is 0 Å². The third kappa shape index (κ3) is 3.48. The summed E-state index contributed by atoms with van der Waals surface area (Å²) in [6.45, 7) is 6.42. The van der Waals surface area contributed by atoms with E-state index in [2.05, 4.69) is 42.9 Å². The lowest BCUT2D eigenvalue weighted by atomic mass is 10.0. The predicted molar refractivity (Wildman–Crippen MR) is 81.6 cm³/mol. The van der Waals surface area contributed by atoms with Gasteiger partial charge in [-0.25, -0.2) is 9.97 Å². The van der Waals surface area contributed by atoms with E-state index in [0.717, 1.165) is 24.2 Å². The second-order valence-corrected chi connectivity index (χ2v) is 5.38. The standard InChI is InChI=1S/C16H19ClN2O/c1-4-5-14-15(17)18-10-19-16(14)20-13-8-6-12(7-9-13)11(2)3/h6-11H,4-5H2,1-3H3. The van der Waals surface area contributed by atoms with E-state index in [1.807, 2.05) is 12.1 Å². The van der Waals surface area contributed by atoms with Crippen molar-refractivity contribution in [1.82, 2.24) is 9.97 Å². The Morgan fingerprint density at radius 3 is 2.45 bits per heavy atom. The molecular weight excluding hydrogens is 272 g/mol. The van der Waals surface area contributed by atoms with Crippen LogP contribution in [0.15, 0.2) is 30.6 Å². The topological polar surface area (TPSA) is 35.0 Å². The molecule has 0 atom stereocenters. The Bertz CT molecular complexity index is 567. The molecular formula is C16H19ClN2O. The highest BCUT2D eigenvalue weighted by molar-refractivity contribution is 6.30. The van der Waals surface area contributed by atoms with Gasteiger partial charge in [-0.05, 0) is 30.0 Å². The van der Waals surface area contributed by atoms with Crippen molar-refractivity contribution in [3.05, 3.63) is 46.9 Å². The molecule has 0 aliphatic rings. The number of halogens is 1. The zero-order chi connectivity index (χ0) is 14.5. The highest BCUT2D eigenvalue weighted by atomic mass is 35.5. The van der Waals surface area contributed by atoms with Crippen molar-refractivity contribution in [3.8, 4) is 11.6 Å². The summed E-state index contributed by atoms with van der Waals surface area (Å²) < 4.78 is 5.84. The van der Waals surface area contributed by atoms with Gasteiger partial charge in [0.15, 0.2) is 0 Å². The molecule has 0 aliphatic heterocycles. The molecule has 0 spiro atoms. The lowest BCUT2D eigenvalue weighted by molar-refractivity contribution is 0.453. The number of hydrogen-bond acceptors (Lipinski definition) is 3. The Hall–Kier alpha value is -1.61. The van der Waals surface area contributed by atoms with E-state index in [1.54, 1.807) is 0 Å². The minimum Gasteiger partial charge on any atom is -0.439 e. The quantitative estimate of drug-likeness (QED) is 0.727. The van der Waals surface area contributed by atoms with E-state index >= 15 is 0 Å². The average Bonchev–Trinajstić information content (AvgIpc) is 2.43. The lowest BCUT2D eigenvalue weighted by Gasteiger charge is -2.11. The molecule has 1 aromatic heterocycles. The molecule has 0 radical (unpaired) electrons. The molecule has 2 rings (SSSR count). The van der Waals surface area contributed by atoms with Gasteiger partial charge in [0.25, 0.3) is 0 Å². The SMILES string of the molecule is CCCc1c(Cl)ncnc1Oc1ccc(C(C)C)cc1. The zero-order valence-corrected chi connectivity index (χ0v) is 12.8. The molecule has 1 aromatic carbocycles. The van der Waals surface area contributed by atoms with E-state index < -0.39 is 0 Å². The summed E-state index contributed by atoms with van der Waals surface area (Å²) in [7, 11) is 0. The highest BCUT2D eigenvalue weighted by Crippen LogP contribution is 2.28. The third-order valence-electron chi connectivity index (χ3n) is 3.11. The van der Waals surface area contributed by atoms with Crippen LogP contribution in [0.5, 0.6) is 11.6 Å². The van der Waals surface area contributed by atoms with E-state index in [9.17, 15) is 0 Å². The van der Waals surface area contributed by atoms with Gasteiger partial charge in [-0.2, -0.15) is 0 Å². The van der Waals surface area contributed by atoms with Crippen molar-refractivity contribution in [3.63, 3.8) is 0 Å². The van der Waals surface area contributed by atoms with Gasteiger partial charge in [0.1, 0.15) is 17.2 Å². The van der Waals surface area contributed by atoms with Crippen molar-refractivity contribution in [1.29, 1.82) is 0 Å². The Morgan fingerprint density at radius 1 is 1.15 bits per heavy atom. The van der Waals surface area contributed by atoms with Crippen molar-refractivity contribution >= 4 is 11.6 Å². The van der Waals surface area contributed by atoms with E-state index in [1.165, 1.54) is 11.9 Å². The first kappa shape index (κ1) is 14.8. The smallest absolute Gasteiger partial charge is 0.226 e. The summed E-state index contributed by atoms with van der Waals surface area (Å²) in [6, 6.07) is 8.06. The monoisotopic (exact) mass is 290 g/mol. The van der Waals surface area contributed by atoms with Crippen molar-refractivity contribution in [2.45, 2.75) is 39.5 Å². The summed E-state index contributed by atoms with van der Waals surface area (Å²) in [5.41, 5.74) is 2.15. The summed E-state index contributed by atoms with van der Waals surface area (Å²) in [5.74, 6) is 1.82. The molecule has 0 N–H and O–H groups in total. The molecule has 20 heavy (non-hydrogen) atoms. The van der Waals surface area contributed by atoms with Crippen LogP contribution in [0.4, 0.5) is 0 Å². The first-order chi connectivity index (χ1) is 9.61. The molecule has 1 heterocycles. The third-order valence-corrected chi connectivity index (χ3v) is 3.44. The molecule has 0 amide bonds.